The molecule has 27 heavy (non-hydrogen) atoms. The number of para-hydroxylation sites is 1. The van der Waals surface area contributed by atoms with Gasteiger partial charge in [0.1, 0.15) is 0 Å². The van der Waals surface area contributed by atoms with Crippen molar-refractivity contribution < 1.29 is 5.11 Å². The van der Waals surface area contributed by atoms with Crippen LogP contribution in [0.5, 0.6) is 0 Å². The number of benzene rings is 3. The van der Waals surface area contributed by atoms with Crippen molar-refractivity contribution >= 4 is 5.69 Å². The molecule has 3 aromatic carbocycles. The Labute approximate surface area is 162 Å². The van der Waals surface area contributed by atoms with Crippen LogP contribution in [0, 0.1) is 0 Å². The van der Waals surface area contributed by atoms with Gasteiger partial charge in [-0.2, -0.15) is 0 Å². The normalized spacial score (nSPS) is 14.3. The Morgan fingerprint density at radius 2 is 1.37 bits per heavy atom. The Kier molecular flexibility index (Phi) is 6.67. The molecule has 0 fully saturated rings. The number of rotatable bonds is 9. The van der Waals surface area contributed by atoms with Gasteiger partial charge in [0.05, 0.1) is 11.6 Å². The number of anilines is 1. The SMILES string of the molecule is CCCC[C@](O)(C[C@@H](Nc1ccccc1)c1ccccc1)c1ccccc1. The fraction of sp³-hybridized carbons (Fsp3) is 0.280. The zero-order chi connectivity index (χ0) is 19.0. The lowest BCUT2D eigenvalue weighted by Crippen LogP contribution is -2.30. The Morgan fingerprint density at radius 1 is 0.815 bits per heavy atom. The molecule has 3 aromatic rings. The minimum absolute atomic E-state index is 0.0238. The summed E-state index contributed by atoms with van der Waals surface area (Å²) in [6, 6.07) is 30.8. The average molecular weight is 360 g/mol. The van der Waals surface area contributed by atoms with Crippen LogP contribution in [0.15, 0.2) is 91.0 Å². The Bertz CT molecular complexity index is 788. The summed E-state index contributed by atoms with van der Waals surface area (Å²) in [5.41, 5.74) is 2.39. The third-order valence-electron chi connectivity index (χ3n) is 5.11. The van der Waals surface area contributed by atoms with Crippen LogP contribution >= 0.6 is 0 Å². The predicted molar refractivity (Wildman–Crippen MR) is 114 cm³/mol. The van der Waals surface area contributed by atoms with E-state index in [4.69, 9.17) is 0 Å². The van der Waals surface area contributed by atoms with E-state index >= 15 is 0 Å². The van der Waals surface area contributed by atoms with E-state index in [1.807, 2.05) is 54.6 Å². The molecule has 2 nitrogen and oxygen atoms in total. The Hall–Kier alpha value is -2.58. The minimum atomic E-state index is -0.862. The van der Waals surface area contributed by atoms with E-state index in [-0.39, 0.29) is 6.04 Å². The Morgan fingerprint density at radius 3 is 1.96 bits per heavy atom. The lowest BCUT2D eigenvalue weighted by atomic mass is 9.81. The second kappa shape index (κ2) is 9.38. The van der Waals surface area contributed by atoms with E-state index in [0.717, 1.165) is 30.5 Å². The van der Waals surface area contributed by atoms with Gasteiger partial charge in [0, 0.05) is 12.1 Å². The Balaban J connectivity index is 1.92. The van der Waals surface area contributed by atoms with Crippen LogP contribution in [-0.4, -0.2) is 5.11 Å². The van der Waals surface area contributed by atoms with Gasteiger partial charge >= 0.3 is 0 Å². The topological polar surface area (TPSA) is 32.3 Å². The van der Waals surface area contributed by atoms with E-state index < -0.39 is 5.60 Å². The molecule has 3 rings (SSSR count). The lowest BCUT2D eigenvalue weighted by Gasteiger charge is -2.34. The number of hydrogen-bond donors (Lipinski definition) is 2. The summed E-state index contributed by atoms with van der Waals surface area (Å²) in [6.45, 7) is 2.17. The highest BCUT2D eigenvalue weighted by Gasteiger charge is 2.32. The molecule has 0 unspecified atom stereocenters. The number of nitrogens with one attached hydrogen (secondary N) is 1. The first-order chi connectivity index (χ1) is 13.2. The molecule has 0 radical (unpaired) electrons. The summed E-state index contributed by atoms with van der Waals surface area (Å²) >= 11 is 0. The third kappa shape index (κ3) is 5.21. The second-order valence-corrected chi connectivity index (χ2v) is 7.18. The van der Waals surface area contributed by atoms with E-state index in [0.29, 0.717) is 6.42 Å². The summed E-state index contributed by atoms with van der Waals surface area (Å²) in [6.07, 6.45) is 3.44. The van der Waals surface area contributed by atoms with Gasteiger partial charge in [-0.15, -0.1) is 0 Å². The predicted octanol–water partition coefficient (Wildman–Crippen LogP) is 6.31. The molecule has 0 heterocycles. The van der Waals surface area contributed by atoms with Gasteiger partial charge in [0.2, 0.25) is 0 Å². The van der Waals surface area contributed by atoms with E-state index in [9.17, 15) is 5.11 Å². The van der Waals surface area contributed by atoms with Crippen molar-refractivity contribution in [1.82, 2.24) is 0 Å². The van der Waals surface area contributed by atoms with Crippen molar-refractivity contribution in [2.75, 3.05) is 5.32 Å². The van der Waals surface area contributed by atoms with Crippen LogP contribution < -0.4 is 5.32 Å². The maximum Gasteiger partial charge on any atom is 0.0919 e. The zero-order valence-corrected chi connectivity index (χ0v) is 16.0. The quantitative estimate of drug-likeness (QED) is 0.469. The van der Waals surface area contributed by atoms with Crippen molar-refractivity contribution in [3.05, 3.63) is 102 Å². The molecule has 0 aromatic heterocycles. The lowest BCUT2D eigenvalue weighted by molar-refractivity contribution is 0.0114. The van der Waals surface area contributed by atoms with Crippen LogP contribution in [0.4, 0.5) is 5.69 Å². The van der Waals surface area contributed by atoms with Gasteiger partial charge in [-0.05, 0) is 29.7 Å². The fourth-order valence-corrected chi connectivity index (χ4v) is 3.59. The molecule has 2 N–H and O–H groups in total. The van der Waals surface area contributed by atoms with Gasteiger partial charge in [-0.1, -0.05) is 98.6 Å². The zero-order valence-electron chi connectivity index (χ0n) is 16.0. The second-order valence-electron chi connectivity index (χ2n) is 7.18. The summed E-state index contributed by atoms with van der Waals surface area (Å²) in [7, 11) is 0. The molecular weight excluding hydrogens is 330 g/mol. The van der Waals surface area contributed by atoms with E-state index in [1.165, 1.54) is 5.56 Å². The van der Waals surface area contributed by atoms with Crippen molar-refractivity contribution in [3.8, 4) is 0 Å². The minimum Gasteiger partial charge on any atom is -0.385 e. The standard InChI is InChI=1S/C25H29NO/c1-2-3-19-25(27,22-15-9-5-10-16-22)20-24(21-13-7-4-8-14-21)26-23-17-11-6-12-18-23/h4-18,24,26-27H,2-3,19-20H2,1H3/t24-,25+/m1/s1. The maximum absolute atomic E-state index is 11.7. The van der Waals surface area contributed by atoms with Crippen LogP contribution in [0.3, 0.4) is 0 Å². The van der Waals surface area contributed by atoms with Crippen molar-refractivity contribution in [3.63, 3.8) is 0 Å². The van der Waals surface area contributed by atoms with Crippen LogP contribution in [-0.2, 0) is 5.60 Å². The summed E-state index contributed by atoms with van der Waals surface area (Å²) in [5.74, 6) is 0. The number of unbranched alkanes of at least 4 members (excludes halogenated alkanes) is 1. The molecule has 140 valence electrons. The first-order valence-electron chi connectivity index (χ1n) is 9.86. The third-order valence-corrected chi connectivity index (χ3v) is 5.11. The van der Waals surface area contributed by atoms with Gasteiger partial charge < -0.3 is 10.4 Å². The highest BCUT2D eigenvalue weighted by Crippen LogP contribution is 2.37. The molecule has 0 saturated carbocycles. The number of aliphatic hydroxyl groups is 1. The molecular formula is C25H29NO. The molecule has 0 aliphatic carbocycles. The largest absolute Gasteiger partial charge is 0.385 e. The molecule has 0 amide bonds. The van der Waals surface area contributed by atoms with Gasteiger partial charge in [-0.25, -0.2) is 0 Å². The molecule has 0 spiro atoms. The van der Waals surface area contributed by atoms with Crippen LogP contribution in [0.1, 0.15) is 49.8 Å². The highest BCUT2D eigenvalue weighted by atomic mass is 16.3. The van der Waals surface area contributed by atoms with Crippen molar-refractivity contribution in [2.45, 2.75) is 44.2 Å². The van der Waals surface area contributed by atoms with Crippen LogP contribution in [0.2, 0.25) is 0 Å². The molecule has 0 aliphatic rings. The van der Waals surface area contributed by atoms with Gasteiger partial charge in [-0.3, -0.25) is 0 Å². The van der Waals surface area contributed by atoms with Crippen molar-refractivity contribution in [1.29, 1.82) is 0 Å². The van der Waals surface area contributed by atoms with Gasteiger partial charge in [0.15, 0.2) is 0 Å². The smallest absolute Gasteiger partial charge is 0.0919 e. The molecule has 2 atom stereocenters. The van der Waals surface area contributed by atoms with Crippen LogP contribution in [0.25, 0.3) is 0 Å². The van der Waals surface area contributed by atoms with Gasteiger partial charge in [0.25, 0.3) is 0 Å². The summed E-state index contributed by atoms with van der Waals surface area (Å²) in [4.78, 5) is 0. The highest BCUT2D eigenvalue weighted by molar-refractivity contribution is 5.45. The summed E-state index contributed by atoms with van der Waals surface area (Å²) < 4.78 is 0. The van der Waals surface area contributed by atoms with Crippen molar-refractivity contribution in [2.24, 2.45) is 0 Å². The first kappa shape index (κ1) is 19.2. The number of hydrogen-bond acceptors (Lipinski definition) is 2. The fourth-order valence-electron chi connectivity index (χ4n) is 3.59. The summed E-state index contributed by atoms with van der Waals surface area (Å²) in [5, 5.41) is 15.3. The molecule has 0 saturated heterocycles. The molecule has 2 heteroatoms. The van der Waals surface area contributed by atoms with E-state index in [2.05, 4.69) is 48.6 Å². The maximum atomic E-state index is 11.7. The average Bonchev–Trinajstić information content (AvgIpc) is 2.74. The monoisotopic (exact) mass is 359 g/mol. The van der Waals surface area contributed by atoms with E-state index in [1.54, 1.807) is 0 Å². The molecule has 0 bridgehead atoms. The molecule has 0 aliphatic heterocycles. The first-order valence-corrected chi connectivity index (χ1v) is 9.86.